The molecule has 1 aromatic rings. The minimum absolute atomic E-state index is 0.574. The van der Waals surface area contributed by atoms with Gasteiger partial charge in [0.1, 0.15) is 0 Å². The van der Waals surface area contributed by atoms with Crippen LogP contribution in [0.1, 0.15) is 34.1 Å². The highest BCUT2D eigenvalue weighted by molar-refractivity contribution is 8.00. The molecule has 1 amide bonds. The Kier molecular flexibility index (Phi) is 8.72. The molecule has 0 saturated carbocycles. The molecule has 0 aromatic heterocycles. The minimum Gasteiger partial charge on any atom is -0.328 e. The number of hydrogen-bond acceptors (Lipinski definition) is 2. The number of hydrogen-bond donors (Lipinski definition) is 1. The predicted octanol–water partition coefficient (Wildman–Crippen LogP) is 4.17. The average molecular weight is 239 g/mol. The molecule has 1 unspecified atom stereocenters. The van der Waals surface area contributed by atoms with Crippen LogP contribution in [0, 0.1) is 0 Å². The lowest BCUT2D eigenvalue weighted by Crippen LogP contribution is -1.98. The molecule has 0 aliphatic heterocycles. The molecule has 1 aromatic carbocycles. The summed E-state index contributed by atoms with van der Waals surface area (Å²) in [6.07, 6.45) is 1.84. The summed E-state index contributed by atoms with van der Waals surface area (Å²) < 4.78 is 0. The first kappa shape index (κ1) is 15.0. The third kappa shape index (κ3) is 5.21. The van der Waals surface area contributed by atoms with E-state index in [1.54, 1.807) is 11.8 Å². The largest absolute Gasteiger partial charge is 0.328 e. The third-order valence-electron chi connectivity index (χ3n) is 2.00. The molecule has 90 valence electrons. The first-order valence-electron chi connectivity index (χ1n) is 5.73. The first-order chi connectivity index (χ1) is 7.77. The van der Waals surface area contributed by atoms with E-state index in [9.17, 15) is 4.79 Å². The van der Waals surface area contributed by atoms with E-state index in [0.29, 0.717) is 5.25 Å². The molecule has 1 rings (SSSR count). The summed E-state index contributed by atoms with van der Waals surface area (Å²) in [6, 6.07) is 7.86. The van der Waals surface area contributed by atoms with Crippen LogP contribution >= 0.6 is 11.8 Å². The van der Waals surface area contributed by atoms with Gasteiger partial charge in [0.05, 0.1) is 5.69 Å². The summed E-state index contributed by atoms with van der Waals surface area (Å²) in [4.78, 5) is 11.5. The number of carbonyl (C=O) groups is 1. The molecule has 0 bridgehead atoms. The Bertz CT molecular complexity index is 302. The molecule has 0 spiro atoms. The molecule has 0 saturated heterocycles. The maximum absolute atomic E-state index is 10.4. The van der Waals surface area contributed by atoms with Crippen molar-refractivity contribution in [1.82, 2.24) is 0 Å². The van der Waals surface area contributed by atoms with E-state index < -0.39 is 0 Å². The van der Waals surface area contributed by atoms with Gasteiger partial charge in [-0.3, -0.25) is 4.79 Å². The number of para-hydroxylation sites is 1. The number of rotatable bonds is 5. The Balaban J connectivity index is 0.00000106. The van der Waals surface area contributed by atoms with Crippen LogP contribution in [0.3, 0.4) is 0 Å². The molecule has 0 radical (unpaired) electrons. The second kappa shape index (κ2) is 9.28. The van der Waals surface area contributed by atoms with Gasteiger partial charge in [0, 0.05) is 10.1 Å². The van der Waals surface area contributed by atoms with Crippen molar-refractivity contribution in [3.05, 3.63) is 24.3 Å². The SMILES string of the molecule is CC.CCC(C)Sc1ccccc1NC=O. The Labute approximate surface area is 103 Å². The van der Waals surface area contributed by atoms with Crippen LogP contribution in [-0.2, 0) is 4.79 Å². The molecule has 0 heterocycles. The van der Waals surface area contributed by atoms with Crippen LogP contribution in [0.15, 0.2) is 29.2 Å². The van der Waals surface area contributed by atoms with E-state index in [4.69, 9.17) is 0 Å². The Morgan fingerprint density at radius 3 is 2.56 bits per heavy atom. The van der Waals surface area contributed by atoms with Crippen molar-refractivity contribution in [3.63, 3.8) is 0 Å². The summed E-state index contributed by atoms with van der Waals surface area (Å²) in [7, 11) is 0. The number of nitrogens with one attached hydrogen (secondary N) is 1. The van der Waals surface area contributed by atoms with Gasteiger partial charge in [0.25, 0.3) is 0 Å². The monoisotopic (exact) mass is 239 g/mol. The number of amides is 1. The van der Waals surface area contributed by atoms with Crippen molar-refractivity contribution in [1.29, 1.82) is 0 Å². The van der Waals surface area contributed by atoms with Crippen LogP contribution in [0.25, 0.3) is 0 Å². The smallest absolute Gasteiger partial charge is 0.211 e. The van der Waals surface area contributed by atoms with Crippen LogP contribution in [0.4, 0.5) is 5.69 Å². The summed E-state index contributed by atoms with van der Waals surface area (Å²) >= 11 is 1.79. The predicted molar refractivity (Wildman–Crippen MR) is 73.1 cm³/mol. The zero-order valence-corrected chi connectivity index (χ0v) is 11.3. The van der Waals surface area contributed by atoms with E-state index in [2.05, 4.69) is 19.2 Å². The van der Waals surface area contributed by atoms with Crippen molar-refractivity contribution >= 4 is 23.9 Å². The van der Waals surface area contributed by atoms with Gasteiger partial charge in [0.2, 0.25) is 6.41 Å². The molecule has 0 aliphatic rings. The lowest BCUT2D eigenvalue weighted by atomic mass is 10.3. The van der Waals surface area contributed by atoms with Crippen molar-refractivity contribution in [2.75, 3.05) is 5.32 Å². The summed E-state index contributed by atoms with van der Waals surface area (Å²) in [5, 5.41) is 3.28. The van der Waals surface area contributed by atoms with Crippen molar-refractivity contribution < 1.29 is 4.79 Å². The van der Waals surface area contributed by atoms with Gasteiger partial charge >= 0.3 is 0 Å². The van der Waals surface area contributed by atoms with Gasteiger partial charge in [0.15, 0.2) is 0 Å². The third-order valence-corrected chi connectivity index (χ3v) is 3.35. The van der Waals surface area contributed by atoms with E-state index in [-0.39, 0.29) is 0 Å². The van der Waals surface area contributed by atoms with Crippen molar-refractivity contribution in [2.24, 2.45) is 0 Å². The zero-order chi connectivity index (χ0) is 12.4. The maximum atomic E-state index is 10.4. The number of anilines is 1. The molecule has 0 fully saturated rings. The Hall–Kier alpha value is -0.960. The highest BCUT2D eigenvalue weighted by Gasteiger charge is 2.05. The van der Waals surface area contributed by atoms with Gasteiger partial charge in [-0.05, 0) is 18.6 Å². The van der Waals surface area contributed by atoms with Crippen molar-refractivity contribution in [2.45, 2.75) is 44.3 Å². The van der Waals surface area contributed by atoms with Crippen molar-refractivity contribution in [3.8, 4) is 0 Å². The number of thioether (sulfide) groups is 1. The van der Waals surface area contributed by atoms with Crippen LogP contribution in [0.5, 0.6) is 0 Å². The van der Waals surface area contributed by atoms with Crippen LogP contribution < -0.4 is 5.32 Å². The molecule has 0 aliphatic carbocycles. The fraction of sp³-hybridized carbons (Fsp3) is 0.462. The van der Waals surface area contributed by atoms with Crippen LogP contribution in [-0.4, -0.2) is 11.7 Å². The fourth-order valence-electron chi connectivity index (χ4n) is 1.05. The molecular formula is C13H21NOS. The lowest BCUT2D eigenvalue weighted by Gasteiger charge is -2.11. The summed E-state index contributed by atoms with van der Waals surface area (Å²) in [6.45, 7) is 8.34. The zero-order valence-electron chi connectivity index (χ0n) is 10.5. The van der Waals surface area contributed by atoms with E-state index in [0.717, 1.165) is 23.4 Å². The molecule has 2 nitrogen and oxygen atoms in total. The topological polar surface area (TPSA) is 29.1 Å². The summed E-state index contributed by atoms with van der Waals surface area (Å²) in [5.74, 6) is 0. The Morgan fingerprint density at radius 1 is 1.38 bits per heavy atom. The second-order valence-corrected chi connectivity index (χ2v) is 4.58. The second-order valence-electron chi connectivity index (χ2n) is 3.10. The fourth-order valence-corrected chi connectivity index (χ4v) is 2.06. The maximum Gasteiger partial charge on any atom is 0.211 e. The molecule has 16 heavy (non-hydrogen) atoms. The molecule has 3 heteroatoms. The van der Waals surface area contributed by atoms with E-state index in [1.807, 2.05) is 38.1 Å². The summed E-state index contributed by atoms with van der Waals surface area (Å²) in [5.41, 5.74) is 0.896. The highest BCUT2D eigenvalue weighted by atomic mass is 32.2. The average Bonchev–Trinajstić information content (AvgIpc) is 2.34. The highest BCUT2D eigenvalue weighted by Crippen LogP contribution is 2.30. The normalized spacial score (nSPS) is 11.0. The van der Waals surface area contributed by atoms with E-state index in [1.165, 1.54) is 0 Å². The molecular weight excluding hydrogens is 218 g/mol. The van der Waals surface area contributed by atoms with Gasteiger partial charge in [-0.1, -0.05) is 39.8 Å². The van der Waals surface area contributed by atoms with Gasteiger partial charge in [-0.25, -0.2) is 0 Å². The molecule has 1 N–H and O–H groups in total. The van der Waals surface area contributed by atoms with E-state index >= 15 is 0 Å². The Morgan fingerprint density at radius 2 is 2.00 bits per heavy atom. The minimum atomic E-state index is 0.574. The lowest BCUT2D eigenvalue weighted by molar-refractivity contribution is -0.105. The van der Waals surface area contributed by atoms with Gasteiger partial charge in [-0.2, -0.15) is 0 Å². The first-order valence-corrected chi connectivity index (χ1v) is 6.61. The van der Waals surface area contributed by atoms with Gasteiger partial charge in [-0.15, -0.1) is 11.8 Å². The number of carbonyl (C=O) groups excluding carboxylic acids is 1. The molecule has 1 atom stereocenters. The quantitative estimate of drug-likeness (QED) is 0.617. The van der Waals surface area contributed by atoms with Crippen LogP contribution in [0.2, 0.25) is 0 Å². The standard InChI is InChI=1S/C11H15NOS.C2H6/c1-3-9(2)14-11-7-5-4-6-10(11)12-8-13;1-2/h4-9H,3H2,1-2H3,(H,12,13);1-2H3. The number of benzene rings is 1. The van der Waals surface area contributed by atoms with Gasteiger partial charge < -0.3 is 5.32 Å².